The first kappa shape index (κ1) is 19.2. The molecule has 0 radical (unpaired) electrons. The van der Waals surface area contributed by atoms with Crippen molar-refractivity contribution >= 4 is 17.0 Å². The third-order valence-electron chi connectivity index (χ3n) is 6.36. The van der Waals surface area contributed by atoms with Crippen molar-refractivity contribution in [3.05, 3.63) is 53.4 Å². The lowest BCUT2D eigenvalue weighted by atomic mass is 10.00. The first-order chi connectivity index (χ1) is 15.5. The highest BCUT2D eigenvalue weighted by molar-refractivity contribution is 5.94. The first-order valence-electron chi connectivity index (χ1n) is 10.7. The fraction of sp³-hybridized carbons (Fsp3) is 0.348. The van der Waals surface area contributed by atoms with Gasteiger partial charge >= 0.3 is 0 Å². The van der Waals surface area contributed by atoms with Crippen molar-refractivity contribution in [2.45, 2.75) is 32.4 Å². The van der Waals surface area contributed by atoms with Gasteiger partial charge in [-0.1, -0.05) is 11.2 Å². The van der Waals surface area contributed by atoms with Crippen molar-refractivity contribution in [1.29, 1.82) is 0 Å². The van der Waals surface area contributed by atoms with Crippen LogP contribution < -0.4 is 9.64 Å². The summed E-state index contributed by atoms with van der Waals surface area (Å²) in [6, 6.07) is 5.08. The Morgan fingerprint density at radius 3 is 2.84 bits per heavy atom. The van der Waals surface area contributed by atoms with Gasteiger partial charge < -0.3 is 19.3 Å². The molecule has 2 atom stereocenters. The molecule has 164 valence electrons. The number of halogens is 1. The molecule has 0 amide bonds. The van der Waals surface area contributed by atoms with Gasteiger partial charge in [0, 0.05) is 31.0 Å². The Labute approximate surface area is 183 Å². The first-order valence-corrected chi connectivity index (χ1v) is 10.7. The molecule has 5 heterocycles. The molecule has 0 spiro atoms. The number of rotatable bonds is 3. The molecule has 0 unspecified atom stereocenters. The molecule has 0 aliphatic carbocycles. The second-order valence-electron chi connectivity index (χ2n) is 8.41. The van der Waals surface area contributed by atoms with E-state index in [1.165, 1.54) is 6.07 Å². The average Bonchev–Trinajstić information content (AvgIpc) is 3.49. The van der Waals surface area contributed by atoms with Gasteiger partial charge in [-0.05, 0) is 38.0 Å². The Kier molecular flexibility index (Phi) is 4.23. The van der Waals surface area contributed by atoms with Gasteiger partial charge in [0.2, 0.25) is 5.95 Å². The molecule has 0 bridgehead atoms. The Hall–Kier alpha value is -3.46. The summed E-state index contributed by atoms with van der Waals surface area (Å²) >= 11 is 0. The number of aryl methyl sites for hydroxylation is 2. The fourth-order valence-corrected chi connectivity index (χ4v) is 4.89. The van der Waals surface area contributed by atoms with E-state index in [9.17, 15) is 5.11 Å². The summed E-state index contributed by atoms with van der Waals surface area (Å²) in [6.45, 7) is 5.09. The molecular formula is C23H22FN5O3. The Morgan fingerprint density at radius 2 is 2.16 bits per heavy atom. The maximum atomic E-state index is 15.5. The number of imidazole rings is 1. The largest absolute Gasteiger partial charge is 0.488 e. The molecule has 9 heteroatoms. The van der Waals surface area contributed by atoms with Crippen LogP contribution in [-0.2, 0) is 0 Å². The van der Waals surface area contributed by atoms with Gasteiger partial charge in [-0.3, -0.25) is 9.55 Å². The highest BCUT2D eigenvalue weighted by atomic mass is 19.1. The molecule has 2 aliphatic heterocycles. The highest BCUT2D eigenvalue weighted by Gasteiger charge is 2.36. The minimum atomic E-state index is -0.436. The van der Waals surface area contributed by atoms with Crippen LogP contribution in [0.4, 0.5) is 10.3 Å². The summed E-state index contributed by atoms with van der Waals surface area (Å²) in [6.07, 6.45) is 3.73. The van der Waals surface area contributed by atoms with Crippen molar-refractivity contribution in [3.8, 4) is 16.9 Å². The third kappa shape index (κ3) is 2.74. The number of hydrogen-bond acceptors (Lipinski definition) is 7. The minimum Gasteiger partial charge on any atom is -0.488 e. The van der Waals surface area contributed by atoms with Gasteiger partial charge in [-0.25, -0.2) is 9.37 Å². The predicted molar refractivity (Wildman–Crippen MR) is 115 cm³/mol. The lowest BCUT2D eigenvalue weighted by molar-refractivity contribution is 0.198. The number of aliphatic hydroxyl groups is 1. The summed E-state index contributed by atoms with van der Waals surface area (Å²) < 4.78 is 29.1. The quantitative estimate of drug-likeness (QED) is 0.528. The van der Waals surface area contributed by atoms with E-state index in [0.717, 1.165) is 11.1 Å². The molecule has 3 aromatic heterocycles. The van der Waals surface area contributed by atoms with E-state index in [0.29, 0.717) is 60.3 Å². The van der Waals surface area contributed by atoms with E-state index in [1.54, 1.807) is 19.3 Å². The van der Waals surface area contributed by atoms with Gasteiger partial charge in [0.25, 0.3) is 0 Å². The molecule has 8 nitrogen and oxygen atoms in total. The Morgan fingerprint density at radius 1 is 1.28 bits per heavy atom. The van der Waals surface area contributed by atoms with E-state index >= 15 is 4.39 Å². The zero-order valence-electron chi connectivity index (χ0n) is 17.7. The number of aromatic nitrogens is 4. The van der Waals surface area contributed by atoms with Crippen LogP contribution in [0.3, 0.4) is 0 Å². The predicted octanol–water partition coefficient (Wildman–Crippen LogP) is 3.40. The monoisotopic (exact) mass is 435 g/mol. The van der Waals surface area contributed by atoms with E-state index in [2.05, 4.69) is 10.1 Å². The summed E-state index contributed by atoms with van der Waals surface area (Å²) in [7, 11) is 0. The lowest BCUT2D eigenvalue weighted by Crippen LogP contribution is -2.30. The van der Waals surface area contributed by atoms with Gasteiger partial charge in [0.15, 0.2) is 11.6 Å². The maximum absolute atomic E-state index is 15.5. The molecule has 4 aromatic rings. The van der Waals surface area contributed by atoms with E-state index in [4.69, 9.17) is 14.2 Å². The van der Waals surface area contributed by atoms with Crippen LogP contribution in [0, 0.1) is 19.7 Å². The van der Waals surface area contributed by atoms with Crippen molar-refractivity contribution in [2.24, 2.45) is 0 Å². The van der Waals surface area contributed by atoms with Gasteiger partial charge in [-0.2, -0.15) is 0 Å². The van der Waals surface area contributed by atoms with Crippen LogP contribution in [0.1, 0.15) is 29.5 Å². The van der Waals surface area contributed by atoms with Crippen LogP contribution in [-0.4, -0.2) is 50.6 Å². The smallest absolute Gasteiger partial charge is 0.207 e. The maximum Gasteiger partial charge on any atom is 0.207 e. The number of benzene rings is 1. The minimum absolute atomic E-state index is 0.228. The second kappa shape index (κ2) is 7.03. The summed E-state index contributed by atoms with van der Waals surface area (Å²) in [5, 5.41) is 14.2. The number of anilines is 1. The molecule has 1 fully saturated rings. The van der Waals surface area contributed by atoms with Crippen LogP contribution in [0.15, 0.2) is 35.1 Å². The molecule has 2 aliphatic rings. The molecule has 1 aromatic carbocycles. The van der Waals surface area contributed by atoms with Crippen LogP contribution in [0.25, 0.3) is 22.2 Å². The SMILES string of the molecule is Cc1noc(C)c1-c1cc(F)c2nc(N3CC[C@H](O)C3)n3c2c1OC[C@@H]3c1cccnc1. The zero-order valence-corrected chi connectivity index (χ0v) is 17.7. The number of pyridine rings is 1. The van der Waals surface area contributed by atoms with Crippen LogP contribution in [0.2, 0.25) is 0 Å². The average molecular weight is 435 g/mol. The van der Waals surface area contributed by atoms with Crippen molar-refractivity contribution in [3.63, 3.8) is 0 Å². The van der Waals surface area contributed by atoms with Crippen molar-refractivity contribution < 1.29 is 18.8 Å². The Bertz CT molecular complexity index is 1310. The standard InChI is InChI=1S/C23H22FN5O3/c1-12-19(13(2)32-27-12)16-8-17(24)20-21-22(16)31-11-18(14-4-3-6-25-9-14)29(21)23(26-20)28-7-5-15(30)10-28/h3-4,6,8-9,15,18,30H,5,7,10-11H2,1-2H3/t15-,18+/m0/s1. The number of nitrogens with zero attached hydrogens (tertiary/aromatic N) is 5. The molecule has 6 rings (SSSR count). The van der Waals surface area contributed by atoms with E-state index < -0.39 is 11.9 Å². The summed E-state index contributed by atoms with van der Waals surface area (Å²) in [4.78, 5) is 11.0. The van der Waals surface area contributed by atoms with Crippen LogP contribution >= 0.6 is 0 Å². The van der Waals surface area contributed by atoms with E-state index in [-0.39, 0.29) is 11.6 Å². The van der Waals surface area contributed by atoms with Crippen LogP contribution in [0.5, 0.6) is 5.75 Å². The second-order valence-corrected chi connectivity index (χ2v) is 8.41. The summed E-state index contributed by atoms with van der Waals surface area (Å²) in [5.41, 5.74) is 3.79. The molecule has 1 N–H and O–H groups in total. The van der Waals surface area contributed by atoms with Gasteiger partial charge in [-0.15, -0.1) is 0 Å². The zero-order chi connectivity index (χ0) is 22.0. The molecule has 32 heavy (non-hydrogen) atoms. The van der Waals surface area contributed by atoms with Gasteiger partial charge in [0.05, 0.1) is 23.4 Å². The van der Waals surface area contributed by atoms with Crippen molar-refractivity contribution in [2.75, 3.05) is 24.6 Å². The normalized spacial score (nSPS) is 20.2. The van der Waals surface area contributed by atoms with E-state index in [1.807, 2.05) is 28.5 Å². The number of ether oxygens (including phenoxy) is 1. The Balaban J connectivity index is 1.66. The number of β-amino-alcohol motifs (C(OH)–C–C–N with tert-alkyl or cyclic N) is 1. The highest BCUT2D eigenvalue weighted by Crippen LogP contribution is 2.47. The third-order valence-corrected chi connectivity index (χ3v) is 6.36. The summed E-state index contributed by atoms with van der Waals surface area (Å²) in [5.74, 6) is 1.36. The lowest BCUT2D eigenvalue weighted by Gasteiger charge is -2.30. The van der Waals surface area contributed by atoms with Gasteiger partial charge in [0.1, 0.15) is 23.4 Å². The van der Waals surface area contributed by atoms with Crippen molar-refractivity contribution in [1.82, 2.24) is 19.7 Å². The fourth-order valence-electron chi connectivity index (χ4n) is 4.89. The number of hydrogen-bond donors (Lipinski definition) is 1. The molecule has 1 saturated heterocycles. The molecule has 0 saturated carbocycles. The number of aliphatic hydroxyl groups excluding tert-OH is 1. The topological polar surface area (TPSA) is 89.4 Å². The molecular weight excluding hydrogens is 413 g/mol.